The van der Waals surface area contributed by atoms with Gasteiger partial charge in [-0.3, -0.25) is 4.79 Å². The molecule has 0 spiro atoms. The van der Waals surface area contributed by atoms with Crippen molar-refractivity contribution in [2.45, 2.75) is 76.7 Å². The molecule has 0 fully saturated rings. The second kappa shape index (κ2) is 8.02. The van der Waals surface area contributed by atoms with Crippen LogP contribution in [0.4, 0.5) is 4.79 Å². The number of nitrogens with one attached hydrogen (secondary N) is 1. The molecule has 148 valence electrons. The summed E-state index contributed by atoms with van der Waals surface area (Å²) in [5.74, 6) is 0. The summed E-state index contributed by atoms with van der Waals surface area (Å²) in [6.45, 7) is 12.3. The number of alkyl carbamates (subject to hydrolysis) is 1. The van der Waals surface area contributed by atoms with Crippen LogP contribution in [0.15, 0.2) is 22.0 Å². The summed E-state index contributed by atoms with van der Waals surface area (Å²) in [6.07, 6.45) is 1.08. The maximum Gasteiger partial charge on any atom is 0.407 e. The molecule has 0 unspecified atom stereocenters. The highest BCUT2D eigenvalue weighted by Crippen LogP contribution is 2.34. The molecule has 2 N–H and O–H groups in total. The molecule has 1 aromatic heterocycles. The van der Waals surface area contributed by atoms with Crippen LogP contribution in [0, 0.1) is 0 Å². The van der Waals surface area contributed by atoms with Gasteiger partial charge in [0.2, 0.25) is 0 Å². The van der Waals surface area contributed by atoms with Crippen molar-refractivity contribution in [3.05, 3.63) is 28.2 Å². The number of hydrogen-bond donors (Lipinski definition) is 2. The summed E-state index contributed by atoms with van der Waals surface area (Å²) in [5.41, 5.74) is -2.08. The van der Waals surface area contributed by atoms with Crippen LogP contribution >= 0.6 is 12.0 Å². The van der Waals surface area contributed by atoms with Gasteiger partial charge < -0.3 is 23.9 Å². The maximum absolute atomic E-state index is 12.0. The van der Waals surface area contributed by atoms with E-state index in [0.717, 1.165) is 12.0 Å². The SMILES string of the molecule is Cn1cc(SOC(C)(C)C(C)(C)O)c(CNC(=O)OC(C)(C)C)cc1=O. The molecule has 8 heteroatoms. The normalized spacial score (nSPS) is 12.8. The molecule has 0 aliphatic heterocycles. The fraction of sp³-hybridized carbons (Fsp3) is 0.667. The van der Waals surface area contributed by atoms with Crippen LogP contribution in [0.2, 0.25) is 0 Å². The molecule has 0 radical (unpaired) electrons. The Bertz CT molecular complexity index is 699. The molecule has 0 aliphatic carbocycles. The van der Waals surface area contributed by atoms with E-state index in [1.807, 2.05) is 0 Å². The number of amides is 1. The third kappa shape index (κ3) is 6.66. The fourth-order valence-electron chi connectivity index (χ4n) is 1.59. The first-order valence-electron chi connectivity index (χ1n) is 8.37. The molecule has 1 heterocycles. The van der Waals surface area contributed by atoms with Crippen molar-refractivity contribution in [2.75, 3.05) is 0 Å². The van der Waals surface area contributed by atoms with E-state index in [2.05, 4.69) is 5.32 Å². The van der Waals surface area contributed by atoms with Crippen molar-refractivity contribution in [1.82, 2.24) is 9.88 Å². The van der Waals surface area contributed by atoms with Gasteiger partial charge in [0, 0.05) is 37.9 Å². The lowest BCUT2D eigenvalue weighted by molar-refractivity contribution is -0.0814. The highest BCUT2D eigenvalue weighted by molar-refractivity contribution is 7.94. The summed E-state index contributed by atoms with van der Waals surface area (Å²) in [4.78, 5) is 24.5. The summed E-state index contributed by atoms with van der Waals surface area (Å²) in [6, 6.07) is 1.44. The number of pyridine rings is 1. The summed E-state index contributed by atoms with van der Waals surface area (Å²) in [5, 5.41) is 12.9. The van der Waals surface area contributed by atoms with Crippen molar-refractivity contribution in [2.24, 2.45) is 7.05 Å². The molecule has 0 saturated carbocycles. The molecular weight excluding hydrogens is 356 g/mol. The lowest BCUT2D eigenvalue weighted by atomic mass is 9.90. The predicted molar refractivity (Wildman–Crippen MR) is 102 cm³/mol. The number of carbonyl (C=O) groups excluding carboxylic acids is 1. The van der Waals surface area contributed by atoms with Gasteiger partial charge in [0.1, 0.15) is 11.2 Å². The monoisotopic (exact) mass is 386 g/mol. The number of aromatic nitrogens is 1. The Labute approximate surface area is 159 Å². The van der Waals surface area contributed by atoms with Crippen molar-refractivity contribution >= 4 is 18.1 Å². The Balaban J connectivity index is 2.94. The van der Waals surface area contributed by atoms with Crippen LogP contribution in [0.25, 0.3) is 0 Å². The minimum absolute atomic E-state index is 0.125. The van der Waals surface area contributed by atoms with Crippen LogP contribution < -0.4 is 10.9 Å². The van der Waals surface area contributed by atoms with Gasteiger partial charge in [-0.2, -0.15) is 0 Å². The van der Waals surface area contributed by atoms with Gasteiger partial charge in [-0.05, 0) is 54.0 Å². The third-order valence-corrected chi connectivity index (χ3v) is 4.96. The van der Waals surface area contributed by atoms with Gasteiger partial charge in [-0.15, -0.1) is 0 Å². The van der Waals surface area contributed by atoms with E-state index in [1.165, 1.54) is 10.6 Å². The molecule has 0 bridgehead atoms. The summed E-state index contributed by atoms with van der Waals surface area (Å²) in [7, 11) is 1.64. The van der Waals surface area contributed by atoms with Gasteiger partial charge in [0.15, 0.2) is 0 Å². The maximum atomic E-state index is 12.0. The molecule has 1 aromatic rings. The molecule has 0 aliphatic rings. The molecule has 1 amide bonds. The Morgan fingerprint density at radius 2 is 1.81 bits per heavy atom. The van der Waals surface area contributed by atoms with Crippen molar-refractivity contribution in [3.63, 3.8) is 0 Å². The minimum Gasteiger partial charge on any atom is -0.444 e. The standard InChI is InChI=1S/C18H30N2O5S/c1-16(2,3)24-15(22)19-10-12-9-14(21)20(8)11-13(12)26-25-18(6,7)17(4,5)23/h9,11,23H,10H2,1-8H3,(H,19,22). The van der Waals surface area contributed by atoms with E-state index >= 15 is 0 Å². The second-order valence-corrected chi connectivity index (χ2v) is 8.98. The van der Waals surface area contributed by atoms with Crippen LogP contribution in [-0.4, -0.2) is 32.6 Å². The number of aliphatic hydroxyl groups is 1. The van der Waals surface area contributed by atoms with E-state index in [4.69, 9.17) is 8.92 Å². The zero-order valence-corrected chi connectivity index (χ0v) is 17.6. The topological polar surface area (TPSA) is 89.8 Å². The first-order valence-corrected chi connectivity index (χ1v) is 9.11. The number of rotatable bonds is 6. The summed E-state index contributed by atoms with van der Waals surface area (Å²) >= 11 is 1.06. The van der Waals surface area contributed by atoms with Crippen molar-refractivity contribution in [3.8, 4) is 0 Å². The zero-order chi connectivity index (χ0) is 20.3. The van der Waals surface area contributed by atoms with Crippen LogP contribution in [0.3, 0.4) is 0 Å². The Kier molecular flexibility index (Phi) is 6.95. The van der Waals surface area contributed by atoms with E-state index in [9.17, 15) is 14.7 Å². The molecule has 0 aromatic carbocycles. The lowest BCUT2D eigenvalue weighted by Gasteiger charge is -2.36. The Morgan fingerprint density at radius 1 is 1.23 bits per heavy atom. The molecule has 0 atom stereocenters. The first-order chi connectivity index (χ1) is 11.6. The highest BCUT2D eigenvalue weighted by Gasteiger charge is 2.37. The largest absolute Gasteiger partial charge is 0.444 e. The molecular formula is C18H30N2O5S. The number of carbonyl (C=O) groups is 1. The Morgan fingerprint density at radius 3 is 2.31 bits per heavy atom. The van der Waals surface area contributed by atoms with Crippen LogP contribution in [0.1, 0.15) is 54.0 Å². The van der Waals surface area contributed by atoms with Gasteiger partial charge in [-0.25, -0.2) is 4.79 Å². The summed E-state index contributed by atoms with van der Waals surface area (Å²) < 4.78 is 12.4. The first kappa shape index (κ1) is 22.5. The zero-order valence-electron chi connectivity index (χ0n) is 16.8. The molecule has 0 saturated heterocycles. The number of nitrogens with zero attached hydrogens (tertiary/aromatic N) is 1. The average molecular weight is 387 g/mol. The Hall–Kier alpha value is -1.51. The second-order valence-electron chi connectivity index (χ2n) is 8.20. The smallest absolute Gasteiger partial charge is 0.407 e. The predicted octanol–water partition coefficient (Wildman–Crippen LogP) is 2.98. The fourth-order valence-corrected chi connectivity index (χ4v) is 2.53. The van der Waals surface area contributed by atoms with Gasteiger partial charge >= 0.3 is 6.09 Å². The minimum atomic E-state index is -1.06. The van der Waals surface area contributed by atoms with Gasteiger partial charge in [0.05, 0.1) is 10.5 Å². The molecule has 7 nitrogen and oxygen atoms in total. The van der Waals surface area contributed by atoms with Crippen LogP contribution in [-0.2, 0) is 22.5 Å². The third-order valence-electron chi connectivity index (χ3n) is 3.91. The number of ether oxygens (including phenoxy) is 1. The van der Waals surface area contributed by atoms with E-state index in [1.54, 1.807) is 61.7 Å². The lowest BCUT2D eigenvalue weighted by Crippen LogP contribution is -2.45. The average Bonchev–Trinajstić information content (AvgIpc) is 2.43. The van der Waals surface area contributed by atoms with E-state index in [-0.39, 0.29) is 12.1 Å². The van der Waals surface area contributed by atoms with E-state index < -0.39 is 22.9 Å². The van der Waals surface area contributed by atoms with Gasteiger partial charge in [-0.1, -0.05) is 0 Å². The van der Waals surface area contributed by atoms with Crippen LogP contribution in [0.5, 0.6) is 0 Å². The highest BCUT2D eigenvalue weighted by atomic mass is 32.2. The number of aryl methyl sites for hydroxylation is 1. The quantitative estimate of drug-likeness (QED) is 0.731. The molecule has 1 rings (SSSR count). The van der Waals surface area contributed by atoms with Crippen molar-refractivity contribution < 1.29 is 18.8 Å². The van der Waals surface area contributed by atoms with Gasteiger partial charge in [0.25, 0.3) is 5.56 Å². The number of hydrogen-bond acceptors (Lipinski definition) is 6. The molecule has 26 heavy (non-hydrogen) atoms. The van der Waals surface area contributed by atoms with E-state index in [0.29, 0.717) is 10.5 Å². The van der Waals surface area contributed by atoms with Crippen molar-refractivity contribution in [1.29, 1.82) is 0 Å².